The summed E-state index contributed by atoms with van der Waals surface area (Å²) in [4.78, 5) is 3.63. The van der Waals surface area contributed by atoms with Crippen molar-refractivity contribution in [2.45, 2.75) is 6.18 Å². The van der Waals surface area contributed by atoms with Gasteiger partial charge in [-0.1, -0.05) is 17.7 Å². The molecule has 21 heavy (non-hydrogen) atoms. The summed E-state index contributed by atoms with van der Waals surface area (Å²) >= 11 is 5.89. The van der Waals surface area contributed by atoms with E-state index in [1.165, 1.54) is 4.90 Å². The Hall–Kier alpha value is -0.980. The van der Waals surface area contributed by atoms with Gasteiger partial charge in [0.25, 0.3) is 0 Å². The molecule has 1 aliphatic rings. The SMILES string of the molecule is FC(F)(F)CN1CCN(CCNc2cccc(Cl)c2)CC1. The highest BCUT2D eigenvalue weighted by molar-refractivity contribution is 6.30. The molecule has 0 saturated carbocycles. The summed E-state index contributed by atoms with van der Waals surface area (Å²) in [5.41, 5.74) is 0.957. The molecule has 0 amide bonds. The monoisotopic (exact) mass is 321 g/mol. The second kappa shape index (κ2) is 7.33. The number of hydrogen-bond donors (Lipinski definition) is 1. The van der Waals surface area contributed by atoms with E-state index >= 15 is 0 Å². The molecule has 0 aromatic heterocycles. The van der Waals surface area contributed by atoms with E-state index in [0.29, 0.717) is 31.2 Å². The Morgan fingerprint density at radius 2 is 1.76 bits per heavy atom. The van der Waals surface area contributed by atoms with Crippen LogP contribution in [0.3, 0.4) is 0 Å². The number of nitrogens with one attached hydrogen (secondary N) is 1. The minimum Gasteiger partial charge on any atom is -0.384 e. The first kappa shape index (κ1) is 16.4. The van der Waals surface area contributed by atoms with Crippen molar-refractivity contribution < 1.29 is 13.2 Å². The molecule has 1 aromatic rings. The van der Waals surface area contributed by atoms with E-state index in [0.717, 1.165) is 18.8 Å². The van der Waals surface area contributed by atoms with Crippen LogP contribution in [0.4, 0.5) is 18.9 Å². The van der Waals surface area contributed by atoms with Crippen molar-refractivity contribution in [3.05, 3.63) is 29.3 Å². The molecular weight excluding hydrogens is 303 g/mol. The van der Waals surface area contributed by atoms with Crippen LogP contribution < -0.4 is 5.32 Å². The zero-order valence-corrected chi connectivity index (χ0v) is 12.4. The summed E-state index contributed by atoms with van der Waals surface area (Å²) in [6, 6.07) is 7.48. The third kappa shape index (κ3) is 6.11. The van der Waals surface area contributed by atoms with E-state index in [4.69, 9.17) is 11.6 Å². The van der Waals surface area contributed by atoms with Crippen LogP contribution in [0, 0.1) is 0 Å². The van der Waals surface area contributed by atoms with Crippen LogP contribution in [-0.4, -0.2) is 61.8 Å². The zero-order valence-electron chi connectivity index (χ0n) is 11.7. The van der Waals surface area contributed by atoms with Gasteiger partial charge in [-0.15, -0.1) is 0 Å². The minimum absolute atomic E-state index is 0.469. The summed E-state index contributed by atoms with van der Waals surface area (Å²) in [5.74, 6) is 0. The fourth-order valence-electron chi connectivity index (χ4n) is 2.38. The van der Waals surface area contributed by atoms with Gasteiger partial charge < -0.3 is 5.32 Å². The number of alkyl halides is 3. The first-order valence-electron chi connectivity index (χ1n) is 6.93. The van der Waals surface area contributed by atoms with E-state index in [-0.39, 0.29) is 0 Å². The average Bonchev–Trinajstić information content (AvgIpc) is 2.39. The molecule has 1 heterocycles. The smallest absolute Gasteiger partial charge is 0.384 e. The molecule has 0 bridgehead atoms. The Balaban J connectivity index is 1.65. The molecule has 0 unspecified atom stereocenters. The molecule has 7 heteroatoms. The van der Waals surface area contributed by atoms with E-state index < -0.39 is 12.7 Å². The molecule has 3 nitrogen and oxygen atoms in total. The lowest BCUT2D eigenvalue weighted by Crippen LogP contribution is -2.50. The second-order valence-corrected chi connectivity index (χ2v) is 5.61. The number of piperazine rings is 1. The highest BCUT2D eigenvalue weighted by Gasteiger charge is 2.31. The molecule has 2 rings (SSSR count). The van der Waals surface area contributed by atoms with Crippen LogP contribution in [0.2, 0.25) is 5.02 Å². The first-order valence-corrected chi connectivity index (χ1v) is 7.31. The minimum atomic E-state index is -4.10. The number of hydrogen-bond acceptors (Lipinski definition) is 3. The highest BCUT2D eigenvalue weighted by Crippen LogP contribution is 2.17. The summed E-state index contributed by atoms with van der Waals surface area (Å²) < 4.78 is 36.9. The molecule has 1 aliphatic heterocycles. The highest BCUT2D eigenvalue weighted by atomic mass is 35.5. The summed E-state index contributed by atoms with van der Waals surface area (Å²) in [7, 11) is 0. The third-order valence-corrected chi connectivity index (χ3v) is 3.68. The molecule has 0 aliphatic carbocycles. The van der Waals surface area contributed by atoms with Gasteiger partial charge in [-0.25, -0.2) is 0 Å². The molecular formula is C14H19ClF3N3. The Kier molecular flexibility index (Phi) is 5.72. The fraction of sp³-hybridized carbons (Fsp3) is 0.571. The quantitative estimate of drug-likeness (QED) is 0.899. The maximum absolute atomic E-state index is 12.3. The van der Waals surface area contributed by atoms with Crippen molar-refractivity contribution in [1.82, 2.24) is 9.80 Å². The van der Waals surface area contributed by atoms with Gasteiger partial charge in [0, 0.05) is 50.0 Å². The molecule has 0 atom stereocenters. The van der Waals surface area contributed by atoms with Gasteiger partial charge in [-0.05, 0) is 18.2 Å². The zero-order chi connectivity index (χ0) is 15.3. The maximum Gasteiger partial charge on any atom is 0.401 e. The summed E-state index contributed by atoms with van der Waals surface area (Å²) in [6.07, 6.45) is -4.10. The van der Waals surface area contributed by atoms with Crippen molar-refractivity contribution in [3.63, 3.8) is 0 Å². The van der Waals surface area contributed by atoms with Gasteiger partial charge in [0.2, 0.25) is 0 Å². The van der Waals surface area contributed by atoms with E-state index in [9.17, 15) is 13.2 Å². The topological polar surface area (TPSA) is 18.5 Å². The summed E-state index contributed by atoms with van der Waals surface area (Å²) in [5, 5.41) is 3.94. The van der Waals surface area contributed by atoms with Crippen LogP contribution in [0.5, 0.6) is 0 Å². The fourth-order valence-corrected chi connectivity index (χ4v) is 2.57. The van der Waals surface area contributed by atoms with E-state index in [2.05, 4.69) is 10.2 Å². The summed E-state index contributed by atoms with van der Waals surface area (Å²) in [6.45, 7) is 3.04. The van der Waals surface area contributed by atoms with Gasteiger partial charge in [0.1, 0.15) is 0 Å². The van der Waals surface area contributed by atoms with Crippen LogP contribution in [0.25, 0.3) is 0 Å². The molecule has 1 aromatic carbocycles. The standard InChI is InChI=1S/C14H19ClF3N3/c15-12-2-1-3-13(10-12)19-4-5-20-6-8-21(9-7-20)11-14(16,17)18/h1-3,10,19H,4-9,11H2. The van der Waals surface area contributed by atoms with Gasteiger partial charge in [0.05, 0.1) is 6.54 Å². The van der Waals surface area contributed by atoms with Crippen molar-refractivity contribution in [2.75, 3.05) is 51.1 Å². The number of nitrogens with zero attached hydrogens (tertiary/aromatic N) is 2. The van der Waals surface area contributed by atoms with Gasteiger partial charge >= 0.3 is 6.18 Å². The van der Waals surface area contributed by atoms with Crippen molar-refractivity contribution in [2.24, 2.45) is 0 Å². The Morgan fingerprint density at radius 3 is 2.38 bits per heavy atom. The van der Waals surface area contributed by atoms with Gasteiger partial charge in [-0.2, -0.15) is 13.2 Å². The molecule has 0 spiro atoms. The lowest BCUT2D eigenvalue weighted by molar-refractivity contribution is -0.149. The number of rotatable bonds is 5. The largest absolute Gasteiger partial charge is 0.401 e. The molecule has 1 N–H and O–H groups in total. The van der Waals surface area contributed by atoms with Gasteiger partial charge in [0.15, 0.2) is 0 Å². The van der Waals surface area contributed by atoms with E-state index in [1.54, 1.807) is 0 Å². The average molecular weight is 322 g/mol. The van der Waals surface area contributed by atoms with Crippen LogP contribution in [-0.2, 0) is 0 Å². The number of halogens is 4. The molecule has 118 valence electrons. The predicted molar refractivity (Wildman–Crippen MR) is 78.9 cm³/mol. The third-order valence-electron chi connectivity index (χ3n) is 3.45. The Bertz CT molecular complexity index is 445. The predicted octanol–water partition coefficient (Wildman–Crippen LogP) is 2.93. The van der Waals surface area contributed by atoms with Crippen molar-refractivity contribution in [3.8, 4) is 0 Å². The van der Waals surface area contributed by atoms with Crippen LogP contribution in [0.1, 0.15) is 0 Å². The van der Waals surface area contributed by atoms with Gasteiger partial charge in [-0.3, -0.25) is 9.80 Å². The van der Waals surface area contributed by atoms with Crippen LogP contribution >= 0.6 is 11.6 Å². The normalized spacial score (nSPS) is 17.9. The Labute approximate surface area is 127 Å². The molecule has 1 saturated heterocycles. The molecule has 0 radical (unpaired) electrons. The second-order valence-electron chi connectivity index (χ2n) is 5.17. The first-order chi connectivity index (χ1) is 9.92. The van der Waals surface area contributed by atoms with Crippen molar-refractivity contribution in [1.29, 1.82) is 0 Å². The Morgan fingerprint density at radius 1 is 1.10 bits per heavy atom. The number of anilines is 1. The van der Waals surface area contributed by atoms with Crippen molar-refractivity contribution >= 4 is 17.3 Å². The number of benzene rings is 1. The molecule has 1 fully saturated rings. The van der Waals surface area contributed by atoms with Crippen LogP contribution in [0.15, 0.2) is 24.3 Å². The lowest BCUT2D eigenvalue weighted by atomic mass is 10.3. The van der Waals surface area contributed by atoms with E-state index in [1.807, 2.05) is 24.3 Å². The lowest BCUT2D eigenvalue weighted by Gasteiger charge is -2.35. The maximum atomic E-state index is 12.3.